The van der Waals surface area contributed by atoms with Crippen LogP contribution in [0.2, 0.25) is 5.02 Å². The fraction of sp³-hybridized carbons (Fsp3) is 0.308. The van der Waals surface area contributed by atoms with E-state index in [4.69, 9.17) is 17.3 Å². The minimum absolute atomic E-state index is 0.0348. The van der Waals surface area contributed by atoms with E-state index >= 15 is 0 Å². The average Bonchev–Trinajstić information content (AvgIpc) is 2.82. The lowest BCUT2D eigenvalue weighted by Crippen LogP contribution is -2.61. The van der Waals surface area contributed by atoms with Gasteiger partial charge in [0.1, 0.15) is 18.2 Å². The number of amides is 2. The molecule has 0 spiro atoms. The number of carbonyl (C=O) groups is 2. The summed E-state index contributed by atoms with van der Waals surface area (Å²) in [5.41, 5.74) is 8.48. The van der Waals surface area contributed by atoms with Gasteiger partial charge in [-0.05, 0) is 54.8 Å². The van der Waals surface area contributed by atoms with E-state index in [0.29, 0.717) is 30.4 Å². The molecule has 1 aliphatic rings. The van der Waals surface area contributed by atoms with Crippen molar-refractivity contribution in [3.63, 3.8) is 0 Å². The largest absolute Gasteiger partial charge is 0.383 e. The Hall–Kier alpha value is -3.45. The molecule has 1 aromatic heterocycles. The molecule has 2 atom stereocenters. The molecule has 4 rings (SSSR count). The second kappa shape index (κ2) is 10.2. The standard InChI is InChI=1S/C26H28ClN5O2/c1-3-5-23-26(34)31(15-19-8-10-21-22(13-19)29-16-30-25(21)28)17(2)14-32(23)24(33)11-9-18-6-4-7-20(27)12-18/h4,6-13,16-17,23H,3,5,14-15H2,1-2H3,(H2,28,29,30)/t17-,23+/m0/s1. The van der Waals surface area contributed by atoms with Crippen molar-refractivity contribution < 1.29 is 9.59 Å². The maximum absolute atomic E-state index is 13.5. The van der Waals surface area contributed by atoms with Gasteiger partial charge in [-0.1, -0.05) is 43.1 Å². The number of piperazine rings is 1. The van der Waals surface area contributed by atoms with E-state index in [9.17, 15) is 9.59 Å². The highest BCUT2D eigenvalue weighted by molar-refractivity contribution is 6.30. The first kappa shape index (κ1) is 23.7. The molecule has 2 N–H and O–H groups in total. The Morgan fingerprint density at radius 1 is 1.24 bits per heavy atom. The maximum Gasteiger partial charge on any atom is 0.247 e. The van der Waals surface area contributed by atoms with Gasteiger partial charge in [-0.25, -0.2) is 9.97 Å². The summed E-state index contributed by atoms with van der Waals surface area (Å²) in [6, 6.07) is 12.5. The molecule has 2 aromatic carbocycles. The molecular weight excluding hydrogens is 450 g/mol. The highest BCUT2D eigenvalue weighted by atomic mass is 35.5. The monoisotopic (exact) mass is 477 g/mol. The van der Waals surface area contributed by atoms with Gasteiger partial charge < -0.3 is 15.5 Å². The number of nitrogen functional groups attached to an aromatic ring is 1. The Morgan fingerprint density at radius 3 is 2.82 bits per heavy atom. The van der Waals surface area contributed by atoms with Crippen LogP contribution >= 0.6 is 11.6 Å². The molecule has 8 heteroatoms. The van der Waals surface area contributed by atoms with E-state index in [-0.39, 0.29) is 17.9 Å². The molecule has 176 valence electrons. The van der Waals surface area contributed by atoms with Gasteiger partial charge in [-0.15, -0.1) is 0 Å². The molecule has 0 unspecified atom stereocenters. The predicted molar refractivity (Wildman–Crippen MR) is 135 cm³/mol. The number of halogens is 1. The van der Waals surface area contributed by atoms with Gasteiger partial charge in [0, 0.05) is 35.6 Å². The van der Waals surface area contributed by atoms with Crippen molar-refractivity contribution in [2.45, 2.75) is 45.3 Å². The second-order valence-electron chi connectivity index (χ2n) is 8.61. The predicted octanol–water partition coefficient (Wildman–Crippen LogP) is 4.31. The number of hydrogen-bond donors (Lipinski definition) is 1. The van der Waals surface area contributed by atoms with Gasteiger partial charge in [0.15, 0.2) is 0 Å². The van der Waals surface area contributed by atoms with Crippen LogP contribution in [0.1, 0.15) is 37.8 Å². The molecule has 1 aliphatic heterocycles. The van der Waals surface area contributed by atoms with Gasteiger partial charge >= 0.3 is 0 Å². The number of carbonyl (C=O) groups excluding carboxylic acids is 2. The van der Waals surface area contributed by atoms with E-state index in [1.807, 2.05) is 49.1 Å². The van der Waals surface area contributed by atoms with E-state index < -0.39 is 6.04 Å². The summed E-state index contributed by atoms with van der Waals surface area (Å²) < 4.78 is 0. The first-order chi connectivity index (χ1) is 16.4. The van der Waals surface area contributed by atoms with Crippen molar-refractivity contribution in [3.8, 4) is 0 Å². The third kappa shape index (κ3) is 5.04. The van der Waals surface area contributed by atoms with Crippen LogP contribution in [-0.2, 0) is 16.1 Å². The van der Waals surface area contributed by atoms with E-state index in [2.05, 4.69) is 9.97 Å². The lowest BCUT2D eigenvalue weighted by atomic mass is 10.0. The molecule has 0 saturated carbocycles. The van der Waals surface area contributed by atoms with Crippen molar-refractivity contribution in [2.24, 2.45) is 0 Å². The Balaban J connectivity index is 1.53. The average molecular weight is 478 g/mol. The van der Waals surface area contributed by atoms with Crippen molar-refractivity contribution in [1.29, 1.82) is 0 Å². The second-order valence-corrected chi connectivity index (χ2v) is 9.05. The molecule has 3 aromatic rings. The Bertz CT molecular complexity index is 1240. The maximum atomic E-state index is 13.5. The minimum Gasteiger partial charge on any atom is -0.383 e. The van der Waals surface area contributed by atoms with Gasteiger partial charge in [-0.2, -0.15) is 0 Å². The minimum atomic E-state index is -0.490. The first-order valence-corrected chi connectivity index (χ1v) is 11.8. The van der Waals surface area contributed by atoms with Gasteiger partial charge in [0.05, 0.1) is 5.52 Å². The fourth-order valence-electron chi connectivity index (χ4n) is 4.37. The van der Waals surface area contributed by atoms with Crippen molar-refractivity contribution in [2.75, 3.05) is 12.3 Å². The summed E-state index contributed by atoms with van der Waals surface area (Å²) in [5.74, 6) is 0.227. The highest BCUT2D eigenvalue weighted by Crippen LogP contribution is 2.25. The molecule has 1 fully saturated rings. The zero-order valence-corrected chi connectivity index (χ0v) is 20.1. The number of anilines is 1. The van der Waals surface area contributed by atoms with Crippen molar-refractivity contribution in [3.05, 3.63) is 71.0 Å². The van der Waals surface area contributed by atoms with E-state index in [1.54, 1.807) is 23.1 Å². The van der Waals surface area contributed by atoms with Crippen molar-refractivity contribution >= 4 is 46.2 Å². The summed E-state index contributed by atoms with van der Waals surface area (Å²) in [5, 5.41) is 1.40. The third-order valence-corrected chi connectivity index (χ3v) is 6.37. The Kier molecular flexibility index (Phi) is 7.12. The smallest absolute Gasteiger partial charge is 0.247 e. The lowest BCUT2D eigenvalue weighted by molar-refractivity contribution is -0.153. The number of benzene rings is 2. The van der Waals surface area contributed by atoms with Crippen LogP contribution in [0.3, 0.4) is 0 Å². The Morgan fingerprint density at radius 2 is 2.06 bits per heavy atom. The van der Waals surface area contributed by atoms with E-state index in [0.717, 1.165) is 28.5 Å². The molecule has 2 amide bonds. The lowest BCUT2D eigenvalue weighted by Gasteiger charge is -2.44. The zero-order valence-electron chi connectivity index (χ0n) is 19.3. The number of nitrogens with zero attached hydrogens (tertiary/aromatic N) is 4. The van der Waals surface area contributed by atoms with Crippen LogP contribution in [0.15, 0.2) is 54.9 Å². The molecule has 0 aliphatic carbocycles. The molecular formula is C26H28ClN5O2. The quantitative estimate of drug-likeness (QED) is 0.534. The van der Waals surface area contributed by atoms with Crippen LogP contribution in [0.25, 0.3) is 17.0 Å². The summed E-state index contributed by atoms with van der Waals surface area (Å²) in [7, 11) is 0. The zero-order chi connectivity index (χ0) is 24.2. The van der Waals surface area contributed by atoms with E-state index in [1.165, 1.54) is 12.4 Å². The topological polar surface area (TPSA) is 92.4 Å². The highest BCUT2D eigenvalue weighted by Gasteiger charge is 2.39. The number of hydrogen-bond acceptors (Lipinski definition) is 5. The molecule has 2 heterocycles. The number of aromatic nitrogens is 2. The van der Waals surface area contributed by atoms with Crippen LogP contribution in [0, 0.1) is 0 Å². The molecule has 1 saturated heterocycles. The first-order valence-electron chi connectivity index (χ1n) is 11.4. The Labute approximate surface area is 204 Å². The van der Waals surface area contributed by atoms with Crippen LogP contribution in [0.5, 0.6) is 0 Å². The number of nitrogens with two attached hydrogens (primary N) is 1. The van der Waals surface area contributed by atoms with Crippen LogP contribution in [-0.4, -0.2) is 50.2 Å². The summed E-state index contributed by atoms with van der Waals surface area (Å²) >= 11 is 6.04. The normalized spacial score (nSPS) is 18.7. The van der Waals surface area contributed by atoms with Gasteiger partial charge in [0.2, 0.25) is 11.8 Å². The number of fused-ring (bicyclic) bond motifs is 1. The fourth-order valence-corrected chi connectivity index (χ4v) is 4.57. The summed E-state index contributed by atoms with van der Waals surface area (Å²) in [6.07, 6.45) is 6.11. The van der Waals surface area contributed by atoms with Crippen LogP contribution < -0.4 is 5.73 Å². The summed E-state index contributed by atoms with van der Waals surface area (Å²) in [4.78, 5) is 38.5. The van der Waals surface area contributed by atoms with Crippen molar-refractivity contribution in [1.82, 2.24) is 19.8 Å². The van der Waals surface area contributed by atoms with Crippen LogP contribution in [0.4, 0.5) is 5.82 Å². The summed E-state index contributed by atoms with van der Waals surface area (Å²) in [6.45, 7) is 4.91. The van der Waals surface area contributed by atoms with Gasteiger partial charge in [0.25, 0.3) is 0 Å². The molecule has 34 heavy (non-hydrogen) atoms. The molecule has 0 radical (unpaired) electrons. The number of rotatable bonds is 6. The van der Waals surface area contributed by atoms with Gasteiger partial charge in [-0.3, -0.25) is 9.59 Å². The molecule has 0 bridgehead atoms. The molecule has 7 nitrogen and oxygen atoms in total. The SMILES string of the molecule is CCC[C@@H]1C(=O)N(Cc2ccc3c(N)ncnc3c2)[C@@H](C)CN1C(=O)C=Cc1cccc(Cl)c1. The third-order valence-electron chi connectivity index (χ3n) is 6.13.